The normalized spacial score (nSPS) is 11.5. The number of nitrogens with one attached hydrogen (secondary N) is 3. The van der Waals surface area contributed by atoms with Gasteiger partial charge in [0.05, 0.1) is 0 Å². The number of nitrogens with two attached hydrogens (primary N) is 2. The van der Waals surface area contributed by atoms with E-state index < -0.39 is 0 Å². The van der Waals surface area contributed by atoms with Gasteiger partial charge in [-0.25, -0.2) is 9.98 Å². The van der Waals surface area contributed by atoms with E-state index in [1.807, 2.05) is 24.3 Å². The largest absolute Gasteiger partial charge is 0.399 e. The molecular weight excluding hydrogens is 302 g/mol. The molecule has 0 unspecified atom stereocenters. The van der Waals surface area contributed by atoms with Gasteiger partial charge in [-0.1, -0.05) is 12.1 Å². The second-order valence-corrected chi connectivity index (χ2v) is 5.03. The third kappa shape index (κ3) is 4.84. The predicted molar refractivity (Wildman–Crippen MR) is 99.8 cm³/mol. The SMILES string of the molecule is CN/C=C\C(N)=Nc1cc(NCc2cccc(N)c2)c(C=N)cn1. The zero-order chi connectivity index (χ0) is 17.4. The Balaban J connectivity index is 2.19. The summed E-state index contributed by atoms with van der Waals surface area (Å²) in [5, 5.41) is 13.6. The number of hydrogen-bond acceptors (Lipinski definition) is 6. The molecule has 1 aromatic heterocycles. The average Bonchev–Trinajstić information content (AvgIpc) is 2.58. The van der Waals surface area contributed by atoms with Crippen molar-refractivity contribution in [2.45, 2.75) is 6.54 Å². The number of hydrogen-bond donors (Lipinski definition) is 5. The second kappa shape index (κ2) is 8.33. The highest BCUT2D eigenvalue weighted by Crippen LogP contribution is 2.20. The Morgan fingerprint density at radius 1 is 1.38 bits per heavy atom. The molecular formula is C17H21N7. The van der Waals surface area contributed by atoms with Crippen LogP contribution < -0.4 is 22.1 Å². The first-order valence-corrected chi connectivity index (χ1v) is 7.39. The molecule has 7 nitrogen and oxygen atoms in total. The van der Waals surface area contributed by atoms with Gasteiger partial charge < -0.3 is 27.5 Å². The lowest BCUT2D eigenvalue weighted by Gasteiger charge is -2.10. The van der Waals surface area contributed by atoms with Crippen molar-refractivity contribution in [3.05, 3.63) is 59.9 Å². The lowest BCUT2D eigenvalue weighted by Crippen LogP contribution is -2.09. The molecule has 7 heteroatoms. The molecule has 2 aromatic rings. The van der Waals surface area contributed by atoms with E-state index in [4.69, 9.17) is 16.9 Å². The molecule has 0 saturated carbocycles. The lowest BCUT2D eigenvalue weighted by molar-refractivity contribution is 1.10. The van der Waals surface area contributed by atoms with Crippen molar-refractivity contribution < 1.29 is 0 Å². The quantitative estimate of drug-likeness (QED) is 0.303. The maximum absolute atomic E-state index is 7.50. The highest BCUT2D eigenvalue weighted by atomic mass is 15.0. The van der Waals surface area contributed by atoms with Crippen LogP contribution in [0.25, 0.3) is 0 Å². The Kier molecular flexibility index (Phi) is 5.90. The van der Waals surface area contributed by atoms with E-state index in [2.05, 4.69) is 20.6 Å². The molecule has 0 atom stereocenters. The topological polar surface area (TPSA) is 125 Å². The number of amidine groups is 1. The summed E-state index contributed by atoms with van der Waals surface area (Å²) in [6.07, 6.45) is 6.16. The zero-order valence-corrected chi connectivity index (χ0v) is 13.5. The van der Waals surface area contributed by atoms with Crippen LogP contribution in [0.5, 0.6) is 0 Å². The number of nitrogens with zero attached hydrogens (tertiary/aromatic N) is 2. The van der Waals surface area contributed by atoms with Gasteiger partial charge in [0, 0.05) is 49.0 Å². The van der Waals surface area contributed by atoms with Crippen LogP contribution in [0.15, 0.2) is 53.8 Å². The molecule has 0 radical (unpaired) electrons. The maximum atomic E-state index is 7.50. The van der Waals surface area contributed by atoms with Gasteiger partial charge in [0.15, 0.2) is 5.82 Å². The Bertz CT molecular complexity index is 765. The summed E-state index contributed by atoms with van der Waals surface area (Å²) in [6, 6.07) is 9.38. The minimum Gasteiger partial charge on any atom is -0.399 e. The van der Waals surface area contributed by atoms with E-state index in [0.717, 1.165) is 11.3 Å². The number of pyridine rings is 1. The molecule has 0 amide bonds. The van der Waals surface area contributed by atoms with Crippen molar-refractivity contribution in [1.29, 1.82) is 5.41 Å². The number of benzene rings is 1. The van der Waals surface area contributed by atoms with Crippen LogP contribution in [0.4, 0.5) is 17.2 Å². The van der Waals surface area contributed by atoms with Gasteiger partial charge >= 0.3 is 0 Å². The van der Waals surface area contributed by atoms with E-state index in [9.17, 15) is 0 Å². The molecule has 0 aliphatic heterocycles. The molecule has 0 saturated heterocycles. The van der Waals surface area contributed by atoms with Crippen LogP contribution >= 0.6 is 0 Å². The highest BCUT2D eigenvalue weighted by molar-refractivity contribution is 5.93. The average molecular weight is 323 g/mol. The Hall–Kier alpha value is -3.35. The molecule has 7 N–H and O–H groups in total. The monoisotopic (exact) mass is 323 g/mol. The van der Waals surface area contributed by atoms with E-state index in [1.165, 1.54) is 6.21 Å². The molecule has 0 aliphatic carbocycles. The highest BCUT2D eigenvalue weighted by Gasteiger charge is 2.04. The van der Waals surface area contributed by atoms with Gasteiger partial charge in [0.25, 0.3) is 0 Å². The molecule has 0 spiro atoms. The molecule has 2 rings (SSSR count). The number of anilines is 2. The van der Waals surface area contributed by atoms with E-state index in [0.29, 0.717) is 29.4 Å². The van der Waals surface area contributed by atoms with Gasteiger partial charge in [-0.15, -0.1) is 0 Å². The van der Waals surface area contributed by atoms with E-state index >= 15 is 0 Å². The molecule has 1 heterocycles. The molecule has 124 valence electrons. The standard InChI is InChI=1S/C17H21N7/c1-21-6-5-16(20)24-17-8-15(13(9-18)11-23-17)22-10-12-3-2-4-14(19)7-12/h2-9,11,18,21H,10,19H2,1H3,(H3,20,22,23,24)/b6-5-,18-9?. The van der Waals surface area contributed by atoms with Crippen LogP contribution in [-0.2, 0) is 6.54 Å². The summed E-state index contributed by atoms with van der Waals surface area (Å²) in [5.74, 6) is 0.801. The number of aromatic nitrogens is 1. The van der Waals surface area contributed by atoms with Gasteiger partial charge in [0.2, 0.25) is 0 Å². The van der Waals surface area contributed by atoms with Crippen LogP contribution in [0.1, 0.15) is 11.1 Å². The van der Waals surface area contributed by atoms with E-state index in [-0.39, 0.29) is 0 Å². The fourth-order valence-corrected chi connectivity index (χ4v) is 2.02. The second-order valence-electron chi connectivity index (χ2n) is 5.03. The number of rotatable bonds is 7. The zero-order valence-electron chi connectivity index (χ0n) is 13.5. The van der Waals surface area contributed by atoms with Crippen molar-refractivity contribution in [2.24, 2.45) is 10.7 Å². The van der Waals surface area contributed by atoms with Crippen LogP contribution in [0.2, 0.25) is 0 Å². The van der Waals surface area contributed by atoms with Crippen molar-refractivity contribution in [1.82, 2.24) is 10.3 Å². The van der Waals surface area contributed by atoms with Crippen LogP contribution in [0.3, 0.4) is 0 Å². The summed E-state index contributed by atoms with van der Waals surface area (Å²) in [4.78, 5) is 8.42. The van der Waals surface area contributed by atoms with Crippen LogP contribution in [-0.4, -0.2) is 24.1 Å². The minimum absolute atomic E-state index is 0.334. The molecule has 0 fully saturated rings. The first-order chi connectivity index (χ1) is 11.6. The summed E-state index contributed by atoms with van der Waals surface area (Å²) in [5.41, 5.74) is 14.8. The van der Waals surface area contributed by atoms with Crippen molar-refractivity contribution >= 4 is 29.2 Å². The van der Waals surface area contributed by atoms with Crippen molar-refractivity contribution in [2.75, 3.05) is 18.1 Å². The lowest BCUT2D eigenvalue weighted by atomic mass is 10.2. The first kappa shape index (κ1) is 17.0. The van der Waals surface area contributed by atoms with Crippen molar-refractivity contribution in [3.8, 4) is 0 Å². The van der Waals surface area contributed by atoms with E-state index in [1.54, 1.807) is 31.6 Å². The van der Waals surface area contributed by atoms with Crippen LogP contribution in [0, 0.1) is 5.41 Å². The smallest absolute Gasteiger partial charge is 0.156 e. The van der Waals surface area contributed by atoms with Gasteiger partial charge in [-0.3, -0.25) is 0 Å². The maximum Gasteiger partial charge on any atom is 0.156 e. The number of nitrogen functional groups attached to an aromatic ring is 1. The van der Waals surface area contributed by atoms with Gasteiger partial charge in [-0.05, 0) is 30.0 Å². The minimum atomic E-state index is 0.334. The third-order valence-electron chi connectivity index (χ3n) is 3.17. The van der Waals surface area contributed by atoms with Gasteiger partial charge in [-0.2, -0.15) is 0 Å². The molecule has 1 aromatic carbocycles. The number of aliphatic imine (C=N–C) groups is 1. The van der Waals surface area contributed by atoms with Gasteiger partial charge in [0.1, 0.15) is 5.84 Å². The van der Waals surface area contributed by atoms with Crippen molar-refractivity contribution in [3.63, 3.8) is 0 Å². The molecule has 24 heavy (non-hydrogen) atoms. The summed E-state index contributed by atoms with van der Waals surface area (Å²) >= 11 is 0. The summed E-state index contributed by atoms with van der Waals surface area (Å²) in [6.45, 7) is 0.578. The first-order valence-electron chi connectivity index (χ1n) is 7.39. The third-order valence-corrected chi connectivity index (χ3v) is 3.17. The fraction of sp³-hybridized carbons (Fsp3) is 0.118. The summed E-state index contributed by atoms with van der Waals surface area (Å²) in [7, 11) is 1.78. The Morgan fingerprint density at radius 3 is 2.92 bits per heavy atom. The molecule has 0 bridgehead atoms. The summed E-state index contributed by atoms with van der Waals surface area (Å²) < 4.78 is 0. The predicted octanol–water partition coefficient (Wildman–Crippen LogP) is 2.00. The Morgan fingerprint density at radius 2 is 2.21 bits per heavy atom. The fourth-order valence-electron chi connectivity index (χ4n) is 2.02. The Labute approximate surface area is 141 Å². The molecule has 0 aliphatic rings.